The first kappa shape index (κ1) is 20.0. The van der Waals surface area contributed by atoms with Crippen LogP contribution in [-0.4, -0.2) is 61.3 Å². The molecular weight excluding hydrogens is 403 g/mol. The van der Waals surface area contributed by atoms with Crippen molar-refractivity contribution >= 4 is 35.6 Å². The minimum atomic E-state index is -0.228. The summed E-state index contributed by atoms with van der Waals surface area (Å²) in [6, 6.07) is 10.7. The van der Waals surface area contributed by atoms with Gasteiger partial charge in [0.2, 0.25) is 0 Å². The summed E-state index contributed by atoms with van der Waals surface area (Å²) in [5, 5.41) is 13.0. The topological polar surface area (TPSA) is 51.1 Å². The van der Waals surface area contributed by atoms with Crippen molar-refractivity contribution in [2.45, 2.75) is 32.4 Å². The summed E-state index contributed by atoms with van der Waals surface area (Å²) in [4.78, 5) is 9.14. The quantitative estimate of drug-likeness (QED) is 0.426. The third-order valence-corrected chi connectivity index (χ3v) is 4.13. The molecular formula is C17H29IN4O. The number of rotatable bonds is 5. The first-order valence-corrected chi connectivity index (χ1v) is 8.11. The molecule has 2 N–H and O–H groups in total. The fourth-order valence-electron chi connectivity index (χ4n) is 2.62. The average Bonchev–Trinajstić information content (AvgIpc) is 2.97. The van der Waals surface area contributed by atoms with Gasteiger partial charge in [-0.25, -0.2) is 0 Å². The number of β-amino-alcohol motifs (C(OH)–C–C–N with tert-alkyl or cyclic N) is 1. The molecule has 5 nitrogen and oxygen atoms in total. The van der Waals surface area contributed by atoms with Crippen molar-refractivity contribution in [1.82, 2.24) is 10.2 Å². The second kappa shape index (κ2) is 9.97. The highest BCUT2D eigenvalue weighted by Gasteiger charge is 2.23. The molecule has 0 radical (unpaired) electrons. The Morgan fingerprint density at radius 1 is 1.43 bits per heavy atom. The van der Waals surface area contributed by atoms with Gasteiger partial charge in [0.15, 0.2) is 5.96 Å². The van der Waals surface area contributed by atoms with Crippen LogP contribution in [-0.2, 0) is 0 Å². The summed E-state index contributed by atoms with van der Waals surface area (Å²) in [6.45, 7) is 7.36. The lowest BCUT2D eigenvalue weighted by molar-refractivity contribution is 0.188. The van der Waals surface area contributed by atoms with E-state index < -0.39 is 0 Å². The molecule has 2 rings (SSSR count). The molecule has 1 fully saturated rings. The van der Waals surface area contributed by atoms with E-state index in [1.165, 1.54) is 5.69 Å². The number of aliphatic hydroxyl groups is 1. The average molecular weight is 432 g/mol. The number of anilines is 1. The van der Waals surface area contributed by atoms with Gasteiger partial charge in [-0.2, -0.15) is 0 Å². The van der Waals surface area contributed by atoms with Crippen LogP contribution in [0.15, 0.2) is 35.3 Å². The van der Waals surface area contributed by atoms with E-state index >= 15 is 0 Å². The molecule has 1 aromatic carbocycles. The summed E-state index contributed by atoms with van der Waals surface area (Å²) < 4.78 is 0. The van der Waals surface area contributed by atoms with Crippen LogP contribution in [0.5, 0.6) is 0 Å². The van der Waals surface area contributed by atoms with Gasteiger partial charge in [0, 0.05) is 38.4 Å². The smallest absolute Gasteiger partial charge is 0.194 e. The SMILES string of the molecule is CCNC(=NCC(C)N(C)c1ccccc1)N1CC[C@@H](O)C1.I. The largest absolute Gasteiger partial charge is 0.391 e. The Bertz CT molecular complexity index is 483. The molecule has 6 heteroatoms. The van der Waals surface area contributed by atoms with Crippen LogP contribution < -0.4 is 10.2 Å². The van der Waals surface area contributed by atoms with Gasteiger partial charge in [0.05, 0.1) is 12.6 Å². The van der Waals surface area contributed by atoms with Gasteiger partial charge in [-0.15, -0.1) is 24.0 Å². The van der Waals surface area contributed by atoms with Gasteiger partial charge in [-0.05, 0) is 32.4 Å². The Kier molecular flexibility index (Phi) is 8.68. The first-order chi connectivity index (χ1) is 10.6. The number of likely N-dealkylation sites (tertiary alicyclic amines) is 1. The molecule has 0 aromatic heterocycles. The molecule has 1 unspecified atom stereocenters. The first-order valence-electron chi connectivity index (χ1n) is 8.11. The third-order valence-electron chi connectivity index (χ3n) is 4.13. The van der Waals surface area contributed by atoms with Crippen LogP contribution in [0.2, 0.25) is 0 Å². The summed E-state index contributed by atoms with van der Waals surface area (Å²) in [7, 11) is 2.10. The predicted octanol–water partition coefficient (Wildman–Crippen LogP) is 2.16. The zero-order valence-electron chi connectivity index (χ0n) is 14.3. The molecule has 0 spiro atoms. The van der Waals surface area contributed by atoms with Crippen molar-refractivity contribution in [1.29, 1.82) is 0 Å². The fourth-order valence-corrected chi connectivity index (χ4v) is 2.62. The second-order valence-electron chi connectivity index (χ2n) is 5.88. The van der Waals surface area contributed by atoms with E-state index in [4.69, 9.17) is 4.99 Å². The number of halogens is 1. The van der Waals surface area contributed by atoms with Crippen LogP contribution in [0.3, 0.4) is 0 Å². The number of hydrogen-bond donors (Lipinski definition) is 2. The van der Waals surface area contributed by atoms with Crippen LogP contribution in [0.1, 0.15) is 20.3 Å². The van der Waals surface area contributed by atoms with Gasteiger partial charge >= 0.3 is 0 Å². The predicted molar refractivity (Wildman–Crippen MR) is 108 cm³/mol. The maximum absolute atomic E-state index is 9.70. The Morgan fingerprint density at radius 2 is 2.13 bits per heavy atom. The fraction of sp³-hybridized carbons (Fsp3) is 0.588. The van der Waals surface area contributed by atoms with Crippen molar-refractivity contribution in [3.8, 4) is 0 Å². The van der Waals surface area contributed by atoms with Crippen molar-refractivity contribution in [2.24, 2.45) is 4.99 Å². The number of likely N-dealkylation sites (N-methyl/N-ethyl adjacent to an activating group) is 1. The van der Waals surface area contributed by atoms with E-state index in [-0.39, 0.29) is 30.1 Å². The summed E-state index contributed by atoms with van der Waals surface area (Å²) in [5.74, 6) is 0.910. The zero-order chi connectivity index (χ0) is 15.9. The molecule has 1 aliphatic rings. The molecule has 1 aliphatic heterocycles. The van der Waals surface area contributed by atoms with E-state index in [9.17, 15) is 5.11 Å². The summed E-state index contributed by atoms with van der Waals surface area (Å²) in [6.07, 6.45) is 0.595. The molecule has 0 aliphatic carbocycles. The number of aliphatic hydroxyl groups excluding tert-OH is 1. The highest BCUT2D eigenvalue weighted by atomic mass is 127. The zero-order valence-corrected chi connectivity index (χ0v) is 16.6. The van der Waals surface area contributed by atoms with Gasteiger partial charge in [0.25, 0.3) is 0 Å². The van der Waals surface area contributed by atoms with E-state index in [0.29, 0.717) is 12.6 Å². The van der Waals surface area contributed by atoms with E-state index in [2.05, 4.69) is 60.3 Å². The van der Waals surface area contributed by atoms with Crippen LogP contribution >= 0.6 is 24.0 Å². The van der Waals surface area contributed by atoms with Gasteiger partial charge in [0.1, 0.15) is 0 Å². The number of nitrogens with one attached hydrogen (secondary N) is 1. The monoisotopic (exact) mass is 432 g/mol. The molecule has 23 heavy (non-hydrogen) atoms. The number of hydrogen-bond acceptors (Lipinski definition) is 3. The Balaban J connectivity index is 0.00000264. The standard InChI is InChI=1S/C17H28N4O.HI/c1-4-18-17(21-11-10-16(22)13-21)19-12-14(2)20(3)15-8-6-5-7-9-15;/h5-9,14,16,22H,4,10-13H2,1-3H3,(H,18,19);1H/t14?,16-;/m1./s1. The van der Waals surface area contributed by atoms with Crippen molar-refractivity contribution in [3.05, 3.63) is 30.3 Å². The van der Waals surface area contributed by atoms with Crippen molar-refractivity contribution in [2.75, 3.05) is 38.1 Å². The third kappa shape index (κ3) is 5.84. The molecule has 130 valence electrons. The summed E-state index contributed by atoms with van der Waals surface area (Å²) >= 11 is 0. The molecule has 0 saturated carbocycles. The Labute approximate surface area is 156 Å². The molecule has 0 amide bonds. The van der Waals surface area contributed by atoms with E-state index in [0.717, 1.165) is 32.0 Å². The molecule has 1 saturated heterocycles. The lowest BCUT2D eigenvalue weighted by Crippen LogP contribution is -2.41. The Morgan fingerprint density at radius 3 is 2.70 bits per heavy atom. The maximum Gasteiger partial charge on any atom is 0.194 e. The highest BCUT2D eigenvalue weighted by molar-refractivity contribution is 14.0. The summed E-state index contributed by atoms with van der Waals surface area (Å²) in [5.41, 5.74) is 1.20. The van der Waals surface area contributed by atoms with Gasteiger partial charge < -0.3 is 20.2 Å². The van der Waals surface area contributed by atoms with Crippen LogP contribution in [0.4, 0.5) is 5.69 Å². The maximum atomic E-state index is 9.70. The number of benzene rings is 1. The highest BCUT2D eigenvalue weighted by Crippen LogP contribution is 2.14. The second-order valence-corrected chi connectivity index (χ2v) is 5.88. The number of nitrogens with zero attached hydrogens (tertiary/aromatic N) is 3. The molecule has 2 atom stereocenters. The molecule has 0 bridgehead atoms. The number of guanidine groups is 1. The van der Waals surface area contributed by atoms with Crippen molar-refractivity contribution < 1.29 is 5.11 Å². The van der Waals surface area contributed by atoms with Crippen molar-refractivity contribution in [3.63, 3.8) is 0 Å². The lowest BCUT2D eigenvalue weighted by Gasteiger charge is -2.27. The van der Waals surface area contributed by atoms with Crippen LogP contribution in [0, 0.1) is 0 Å². The number of aliphatic imine (C=N–C) groups is 1. The Hall–Kier alpha value is -1.02. The normalized spacial score (nSPS) is 19.2. The van der Waals surface area contributed by atoms with Crippen LogP contribution in [0.25, 0.3) is 0 Å². The minimum Gasteiger partial charge on any atom is -0.391 e. The number of para-hydroxylation sites is 1. The molecule has 1 heterocycles. The van der Waals surface area contributed by atoms with Gasteiger partial charge in [-0.3, -0.25) is 4.99 Å². The van der Waals surface area contributed by atoms with E-state index in [1.807, 2.05) is 6.07 Å². The lowest BCUT2D eigenvalue weighted by atomic mass is 10.2. The van der Waals surface area contributed by atoms with E-state index in [1.54, 1.807) is 0 Å². The molecule has 1 aromatic rings. The van der Waals surface area contributed by atoms with Gasteiger partial charge in [-0.1, -0.05) is 18.2 Å². The minimum absolute atomic E-state index is 0.